The van der Waals surface area contributed by atoms with Crippen molar-refractivity contribution < 1.29 is 4.42 Å². The van der Waals surface area contributed by atoms with Gasteiger partial charge in [0.25, 0.3) is 0 Å². The topological polar surface area (TPSA) is 28.4 Å². The average molecular weight is 272 g/mol. The van der Waals surface area contributed by atoms with E-state index in [0.717, 1.165) is 24.4 Å². The minimum atomic E-state index is 0.621. The Morgan fingerprint density at radius 3 is 2.80 bits per heavy atom. The van der Waals surface area contributed by atoms with Gasteiger partial charge in [-0.15, -0.1) is 0 Å². The smallest absolute Gasteiger partial charge is 0.134 e. The highest BCUT2D eigenvalue weighted by Gasteiger charge is 2.18. The van der Waals surface area contributed by atoms with Crippen LogP contribution in [-0.4, -0.2) is 30.6 Å². The molecule has 1 unspecified atom stereocenters. The number of furan rings is 1. The normalized spacial score (nSPS) is 17.9. The number of fused-ring (bicyclic) bond motifs is 1. The lowest BCUT2D eigenvalue weighted by Gasteiger charge is -2.23. The number of para-hydroxylation sites is 1. The molecule has 1 aromatic carbocycles. The van der Waals surface area contributed by atoms with Crippen molar-refractivity contribution in [3.63, 3.8) is 0 Å². The summed E-state index contributed by atoms with van der Waals surface area (Å²) in [6, 6.07) is 8.91. The number of hydrogen-bond donors (Lipinski definition) is 1. The first-order chi connectivity index (χ1) is 9.75. The zero-order valence-corrected chi connectivity index (χ0v) is 12.5. The third kappa shape index (κ3) is 2.74. The van der Waals surface area contributed by atoms with Gasteiger partial charge in [-0.05, 0) is 45.8 Å². The molecule has 1 atom stereocenters. The Bertz CT molecular complexity index is 569. The van der Waals surface area contributed by atoms with E-state index in [1.807, 2.05) is 12.1 Å². The molecule has 20 heavy (non-hydrogen) atoms. The van der Waals surface area contributed by atoms with Crippen LogP contribution in [-0.2, 0) is 6.54 Å². The van der Waals surface area contributed by atoms with Gasteiger partial charge in [0.05, 0.1) is 0 Å². The number of nitrogens with zero attached hydrogens (tertiary/aromatic N) is 1. The molecule has 3 rings (SSSR count). The number of aryl methyl sites for hydroxylation is 1. The van der Waals surface area contributed by atoms with Crippen LogP contribution in [0.25, 0.3) is 11.0 Å². The van der Waals surface area contributed by atoms with Crippen molar-refractivity contribution in [2.45, 2.75) is 39.3 Å². The maximum atomic E-state index is 5.81. The number of hydrogen-bond acceptors (Lipinski definition) is 3. The van der Waals surface area contributed by atoms with Crippen LogP contribution in [0.15, 0.2) is 28.7 Å². The summed E-state index contributed by atoms with van der Waals surface area (Å²) < 4.78 is 5.81. The van der Waals surface area contributed by atoms with Crippen molar-refractivity contribution in [3.8, 4) is 0 Å². The molecule has 0 spiro atoms. The average Bonchev–Trinajstić information content (AvgIpc) is 3.07. The van der Waals surface area contributed by atoms with Crippen molar-refractivity contribution in [3.05, 3.63) is 35.6 Å². The van der Waals surface area contributed by atoms with E-state index in [1.54, 1.807) is 0 Å². The first-order valence-corrected chi connectivity index (χ1v) is 7.67. The molecule has 3 heteroatoms. The molecule has 0 aliphatic carbocycles. The van der Waals surface area contributed by atoms with Crippen LogP contribution in [0.3, 0.4) is 0 Å². The maximum absolute atomic E-state index is 5.81. The predicted molar refractivity (Wildman–Crippen MR) is 82.9 cm³/mol. The summed E-state index contributed by atoms with van der Waals surface area (Å²) in [5.74, 6) is 1.03. The van der Waals surface area contributed by atoms with E-state index in [9.17, 15) is 0 Å². The Hall–Kier alpha value is -1.32. The molecule has 2 heterocycles. The molecule has 2 aromatic rings. The van der Waals surface area contributed by atoms with Gasteiger partial charge in [-0.2, -0.15) is 0 Å². The van der Waals surface area contributed by atoms with E-state index in [-0.39, 0.29) is 0 Å². The van der Waals surface area contributed by atoms with Crippen LogP contribution in [0.1, 0.15) is 31.1 Å². The van der Waals surface area contributed by atoms with Gasteiger partial charge in [0.15, 0.2) is 0 Å². The van der Waals surface area contributed by atoms with Gasteiger partial charge in [0.1, 0.15) is 11.3 Å². The minimum Gasteiger partial charge on any atom is -0.461 e. The van der Waals surface area contributed by atoms with Crippen LogP contribution in [0.4, 0.5) is 0 Å². The third-order valence-electron chi connectivity index (χ3n) is 4.41. The molecule has 1 N–H and O–H groups in total. The van der Waals surface area contributed by atoms with E-state index in [2.05, 4.69) is 36.2 Å². The Morgan fingerprint density at radius 2 is 2.00 bits per heavy atom. The monoisotopic (exact) mass is 272 g/mol. The molecular formula is C17H24N2O. The highest BCUT2D eigenvalue weighted by atomic mass is 16.3. The van der Waals surface area contributed by atoms with Crippen LogP contribution >= 0.6 is 0 Å². The van der Waals surface area contributed by atoms with Crippen LogP contribution < -0.4 is 5.32 Å². The summed E-state index contributed by atoms with van der Waals surface area (Å²) in [6.07, 6.45) is 2.71. The quantitative estimate of drug-likeness (QED) is 0.905. The van der Waals surface area contributed by atoms with E-state index in [4.69, 9.17) is 4.42 Å². The van der Waals surface area contributed by atoms with Gasteiger partial charge in [-0.1, -0.05) is 18.2 Å². The summed E-state index contributed by atoms with van der Waals surface area (Å²) in [5, 5.41) is 4.84. The van der Waals surface area contributed by atoms with Crippen molar-refractivity contribution >= 4 is 11.0 Å². The van der Waals surface area contributed by atoms with E-state index in [0.29, 0.717) is 6.04 Å². The lowest BCUT2D eigenvalue weighted by molar-refractivity contribution is 0.251. The van der Waals surface area contributed by atoms with E-state index in [1.165, 1.54) is 36.9 Å². The van der Waals surface area contributed by atoms with Gasteiger partial charge in [-0.25, -0.2) is 0 Å². The molecule has 1 saturated heterocycles. The van der Waals surface area contributed by atoms with Gasteiger partial charge in [0.2, 0.25) is 0 Å². The number of likely N-dealkylation sites (tertiary alicyclic amines) is 1. The van der Waals surface area contributed by atoms with Crippen LogP contribution in [0, 0.1) is 6.92 Å². The number of benzene rings is 1. The Balaban J connectivity index is 1.61. The second-order valence-electron chi connectivity index (χ2n) is 5.86. The Kier molecular flexibility index (Phi) is 4.08. The largest absolute Gasteiger partial charge is 0.461 e. The minimum absolute atomic E-state index is 0.621. The van der Waals surface area contributed by atoms with Gasteiger partial charge < -0.3 is 9.73 Å². The molecule has 0 amide bonds. The van der Waals surface area contributed by atoms with Crippen LogP contribution in [0.5, 0.6) is 0 Å². The third-order valence-corrected chi connectivity index (χ3v) is 4.41. The molecule has 1 aliphatic heterocycles. The summed E-state index contributed by atoms with van der Waals surface area (Å²) in [7, 11) is 0. The molecule has 1 fully saturated rings. The predicted octanol–water partition coefficient (Wildman–Crippen LogP) is 3.32. The van der Waals surface area contributed by atoms with Gasteiger partial charge in [-0.3, -0.25) is 4.90 Å². The molecular weight excluding hydrogens is 248 g/mol. The van der Waals surface area contributed by atoms with Crippen LogP contribution in [0.2, 0.25) is 0 Å². The highest BCUT2D eigenvalue weighted by molar-refractivity contribution is 5.82. The van der Waals surface area contributed by atoms with Crippen molar-refractivity contribution in [2.24, 2.45) is 0 Å². The lowest BCUT2D eigenvalue weighted by Crippen LogP contribution is -2.38. The fourth-order valence-corrected chi connectivity index (χ4v) is 3.16. The van der Waals surface area contributed by atoms with Gasteiger partial charge >= 0.3 is 0 Å². The fraction of sp³-hybridized carbons (Fsp3) is 0.529. The summed E-state index contributed by atoms with van der Waals surface area (Å²) in [6.45, 7) is 8.83. The molecule has 108 valence electrons. The SMILES string of the molecule is Cc1oc2ccccc2c1CNCC(C)N1CCCC1. The Labute approximate surface area is 120 Å². The Morgan fingerprint density at radius 1 is 1.25 bits per heavy atom. The molecule has 1 aromatic heterocycles. The van der Waals surface area contributed by atoms with Crippen molar-refractivity contribution in [1.29, 1.82) is 0 Å². The second kappa shape index (κ2) is 5.98. The first-order valence-electron chi connectivity index (χ1n) is 7.67. The zero-order valence-electron chi connectivity index (χ0n) is 12.5. The highest BCUT2D eigenvalue weighted by Crippen LogP contribution is 2.24. The number of nitrogens with one attached hydrogen (secondary N) is 1. The molecule has 0 saturated carbocycles. The molecule has 1 aliphatic rings. The summed E-state index contributed by atoms with van der Waals surface area (Å²) in [5.41, 5.74) is 2.30. The van der Waals surface area contributed by atoms with Gasteiger partial charge in [0, 0.05) is 30.1 Å². The standard InChI is InChI=1S/C17H24N2O/c1-13(19-9-5-6-10-19)11-18-12-16-14(2)20-17-8-4-3-7-15(16)17/h3-4,7-8,13,18H,5-6,9-12H2,1-2H3. The van der Waals surface area contributed by atoms with E-state index >= 15 is 0 Å². The molecule has 0 radical (unpaired) electrons. The first kappa shape index (κ1) is 13.7. The molecule has 3 nitrogen and oxygen atoms in total. The second-order valence-corrected chi connectivity index (χ2v) is 5.86. The van der Waals surface area contributed by atoms with E-state index < -0.39 is 0 Å². The summed E-state index contributed by atoms with van der Waals surface area (Å²) in [4.78, 5) is 2.58. The van der Waals surface area contributed by atoms with Crippen molar-refractivity contribution in [2.75, 3.05) is 19.6 Å². The summed E-state index contributed by atoms with van der Waals surface area (Å²) >= 11 is 0. The molecule has 0 bridgehead atoms. The fourth-order valence-electron chi connectivity index (χ4n) is 3.16. The van der Waals surface area contributed by atoms with Crippen molar-refractivity contribution in [1.82, 2.24) is 10.2 Å². The maximum Gasteiger partial charge on any atom is 0.134 e. The number of rotatable bonds is 5. The lowest BCUT2D eigenvalue weighted by atomic mass is 10.1. The zero-order chi connectivity index (χ0) is 13.9.